The summed E-state index contributed by atoms with van der Waals surface area (Å²) < 4.78 is 29.2. The molecule has 73 heavy (non-hydrogen) atoms. The zero-order valence-electron chi connectivity index (χ0n) is 45.0. The van der Waals surface area contributed by atoms with Crippen LogP contribution in [0.3, 0.4) is 0 Å². The van der Waals surface area contributed by atoms with Gasteiger partial charge in [-0.2, -0.15) is 0 Å². The molecule has 3 fully saturated rings. The summed E-state index contributed by atoms with van der Waals surface area (Å²) in [5.41, 5.74) is 1.88. The summed E-state index contributed by atoms with van der Waals surface area (Å²) in [6.07, 6.45) is 12.3. The van der Waals surface area contributed by atoms with Crippen molar-refractivity contribution in [2.75, 3.05) is 27.9 Å². The van der Waals surface area contributed by atoms with Gasteiger partial charge in [0.1, 0.15) is 36.4 Å². The molecular formula is C58H85NO14. The highest BCUT2D eigenvalue weighted by Crippen LogP contribution is 2.38. The van der Waals surface area contributed by atoms with Crippen LogP contribution in [0, 0.1) is 35.5 Å². The van der Waals surface area contributed by atoms with Gasteiger partial charge in [0, 0.05) is 58.5 Å². The number of ketones is 3. The number of aldehydes is 1. The third-order valence-corrected chi connectivity index (χ3v) is 15.3. The van der Waals surface area contributed by atoms with Crippen molar-refractivity contribution in [1.29, 1.82) is 0 Å². The highest BCUT2D eigenvalue weighted by atomic mass is 16.6. The van der Waals surface area contributed by atoms with Gasteiger partial charge in [0.15, 0.2) is 5.78 Å². The fraction of sp³-hybridized carbons (Fsp3) is 0.655. The highest BCUT2D eigenvalue weighted by Gasteiger charge is 2.53. The Balaban J connectivity index is 1.39. The number of esters is 1. The third-order valence-electron chi connectivity index (χ3n) is 15.3. The summed E-state index contributed by atoms with van der Waals surface area (Å²) in [5.74, 6) is -7.60. The number of allylic oxidation sites excluding steroid dienone is 7. The Bertz CT molecular complexity index is 2100. The number of aliphatic hydroxyl groups is 3. The first kappa shape index (κ1) is 61.1. The van der Waals surface area contributed by atoms with E-state index in [1.54, 1.807) is 65.3 Å². The molecule has 1 aromatic rings. The summed E-state index contributed by atoms with van der Waals surface area (Å²) in [4.78, 5) is 82.1. The van der Waals surface area contributed by atoms with E-state index in [0.29, 0.717) is 68.8 Å². The fourth-order valence-electron chi connectivity index (χ4n) is 10.6. The molecule has 406 valence electrons. The van der Waals surface area contributed by atoms with Crippen molar-refractivity contribution in [3.05, 3.63) is 83.5 Å². The second-order valence-electron chi connectivity index (χ2n) is 21.1. The second-order valence-corrected chi connectivity index (χ2v) is 21.1. The molecule has 0 spiro atoms. The van der Waals surface area contributed by atoms with Gasteiger partial charge in [0.25, 0.3) is 11.7 Å². The molecule has 3 unspecified atom stereocenters. The fourth-order valence-corrected chi connectivity index (χ4v) is 10.6. The largest absolute Gasteiger partial charge is 0.460 e. The molecule has 15 nitrogen and oxygen atoms in total. The number of hydrogen-bond acceptors (Lipinski definition) is 14. The lowest BCUT2D eigenvalue weighted by atomic mass is 9.78. The monoisotopic (exact) mass is 1020 g/mol. The van der Waals surface area contributed by atoms with Gasteiger partial charge in [-0.25, -0.2) is 4.79 Å². The lowest BCUT2D eigenvalue weighted by Crippen LogP contribution is -2.61. The highest BCUT2D eigenvalue weighted by molar-refractivity contribution is 6.39. The van der Waals surface area contributed by atoms with Crippen molar-refractivity contribution in [1.82, 2.24) is 4.90 Å². The number of nitrogens with zero attached hydrogens (tertiary/aromatic N) is 1. The predicted molar refractivity (Wildman–Crippen MR) is 277 cm³/mol. The van der Waals surface area contributed by atoms with Crippen LogP contribution in [-0.2, 0) is 52.5 Å². The maximum atomic E-state index is 14.3. The Kier molecular flexibility index (Phi) is 24.7. The van der Waals surface area contributed by atoms with Gasteiger partial charge in [-0.3, -0.25) is 24.0 Å². The van der Waals surface area contributed by atoms with Crippen LogP contribution < -0.4 is 0 Å². The van der Waals surface area contributed by atoms with E-state index < -0.39 is 77.9 Å². The topological polar surface area (TPSA) is 212 Å². The van der Waals surface area contributed by atoms with Gasteiger partial charge in [0.05, 0.1) is 24.4 Å². The number of methoxy groups -OCH3 is 3. The molecule has 15 heteroatoms. The SMILES string of the molecule is COC(C(=O)[C@H](C)C[C@H](C)/C=C/C=C/C=C(\C)[C@H](C[C@@H]1CC[C@@H](C)[C@](O)(C(=O)C(=O)N2CCCC[C@H]2C(=O)OC(CC(=O)[C@H](C)/C=C(\C)C=O)[C@H](C)C[C@@H]2CC[C@@H](O)[C@H](OC)C2)O1)OC)C(O)c1ccccc1. The number of amides is 1. The average Bonchev–Trinajstić information content (AvgIpc) is 3.38. The first-order chi connectivity index (χ1) is 34.7. The van der Waals surface area contributed by atoms with Crippen molar-refractivity contribution in [3.63, 3.8) is 0 Å². The molecule has 2 saturated heterocycles. The number of rotatable bonds is 27. The Hall–Kier alpha value is -4.48. The first-order valence-electron chi connectivity index (χ1n) is 26.4. The number of Topliss-reactive ketones (excluding diaryl/α,β-unsaturated/α-hetero) is 3. The molecule has 0 bridgehead atoms. The van der Waals surface area contributed by atoms with Crippen molar-refractivity contribution in [2.45, 2.75) is 180 Å². The van der Waals surface area contributed by atoms with Crippen LogP contribution in [0.1, 0.15) is 137 Å². The number of carbonyl (C=O) groups is 6. The standard InChI is InChI=1S/C58H85NO14/c1-36(29-41(6)52(63)54(71-10)53(64)44-21-15-12-16-22-44)19-13-11-14-20-38(3)49(69-8)33-45-26-24-42(7)58(68,73-45)55(65)56(66)59-28-18-17-23-46(59)57(67)72-50(34-48(62)39(4)30-37(2)35-60)40(5)31-43-25-27-47(61)51(32-43)70-9/h11-16,19-22,30,35-36,39-43,45-47,49-51,53-54,61,64,68H,17-18,23-29,31-34H2,1-10H3/b14-11+,19-13+,37-30+,38-20+/t36-,39-,40-,41-,42-,43+,45+,46+,47-,49+,50?,51-,53?,54?,58-/m1/s1. The van der Waals surface area contributed by atoms with E-state index in [9.17, 15) is 44.1 Å². The molecule has 1 aromatic carbocycles. The van der Waals surface area contributed by atoms with E-state index in [-0.39, 0.29) is 67.1 Å². The molecule has 3 N–H and O–H groups in total. The molecule has 2 heterocycles. The summed E-state index contributed by atoms with van der Waals surface area (Å²) in [5, 5.41) is 33.2. The van der Waals surface area contributed by atoms with E-state index in [2.05, 4.69) is 0 Å². The van der Waals surface area contributed by atoms with Crippen LogP contribution in [0.25, 0.3) is 0 Å². The molecule has 2 aliphatic heterocycles. The maximum absolute atomic E-state index is 14.3. The zero-order valence-corrected chi connectivity index (χ0v) is 45.0. The van der Waals surface area contributed by atoms with Gasteiger partial charge in [-0.15, -0.1) is 0 Å². The van der Waals surface area contributed by atoms with Crippen LogP contribution in [-0.4, -0.2) is 132 Å². The van der Waals surface area contributed by atoms with Gasteiger partial charge in [-0.1, -0.05) is 101 Å². The molecular weight excluding hydrogens is 935 g/mol. The summed E-state index contributed by atoms with van der Waals surface area (Å²) >= 11 is 0. The van der Waals surface area contributed by atoms with E-state index in [1.165, 1.54) is 12.0 Å². The van der Waals surface area contributed by atoms with Crippen LogP contribution >= 0.6 is 0 Å². The molecule has 0 radical (unpaired) electrons. The molecule has 1 aliphatic carbocycles. The Morgan fingerprint density at radius 3 is 2.27 bits per heavy atom. The summed E-state index contributed by atoms with van der Waals surface area (Å²) in [6, 6.07) is 7.85. The normalized spacial score (nSPS) is 27.6. The second kappa shape index (κ2) is 29.6. The number of piperidine rings is 1. The Labute approximate surface area is 433 Å². The lowest BCUT2D eigenvalue weighted by molar-refractivity contribution is -0.265. The predicted octanol–water partition coefficient (Wildman–Crippen LogP) is 7.74. The van der Waals surface area contributed by atoms with Crippen LogP contribution in [0.5, 0.6) is 0 Å². The number of aliphatic hydroxyl groups excluding tert-OH is 2. The van der Waals surface area contributed by atoms with Crippen molar-refractivity contribution in [3.8, 4) is 0 Å². The molecule has 1 amide bonds. The van der Waals surface area contributed by atoms with Crippen molar-refractivity contribution >= 4 is 35.5 Å². The zero-order chi connectivity index (χ0) is 54.0. The summed E-state index contributed by atoms with van der Waals surface area (Å²) in [6.45, 7) is 12.7. The Morgan fingerprint density at radius 1 is 0.904 bits per heavy atom. The van der Waals surface area contributed by atoms with Gasteiger partial charge < -0.3 is 43.9 Å². The van der Waals surface area contributed by atoms with E-state index >= 15 is 0 Å². The summed E-state index contributed by atoms with van der Waals surface area (Å²) in [7, 11) is 4.56. The number of benzene rings is 1. The third kappa shape index (κ3) is 17.3. The van der Waals surface area contributed by atoms with Crippen molar-refractivity contribution in [2.24, 2.45) is 35.5 Å². The first-order valence-corrected chi connectivity index (χ1v) is 26.4. The number of ether oxygens (including phenoxy) is 5. The van der Waals surface area contributed by atoms with E-state index in [1.807, 2.05) is 64.1 Å². The minimum atomic E-state index is -2.46. The Morgan fingerprint density at radius 2 is 1.62 bits per heavy atom. The smallest absolute Gasteiger partial charge is 0.329 e. The molecule has 3 aliphatic rings. The van der Waals surface area contributed by atoms with Gasteiger partial charge in [0.2, 0.25) is 5.79 Å². The molecule has 0 aromatic heterocycles. The van der Waals surface area contributed by atoms with Crippen LogP contribution in [0.2, 0.25) is 0 Å². The minimum Gasteiger partial charge on any atom is -0.460 e. The maximum Gasteiger partial charge on any atom is 0.329 e. The van der Waals surface area contributed by atoms with Crippen molar-refractivity contribution < 1.29 is 67.8 Å². The average molecular weight is 1020 g/mol. The van der Waals surface area contributed by atoms with E-state index in [0.717, 1.165) is 12.0 Å². The number of hydrogen-bond donors (Lipinski definition) is 3. The van der Waals surface area contributed by atoms with E-state index in [4.69, 9.17) is 23.7 Å². The molecule has 1 saturated carbocycles. The molecule has 4 rings (SSSR count). The molecule has 15 atom stereocenters. The number of likely N-dealkylation sites (tertiary alicyclic amines) is 1. The minimum absolute atomic E-state index is 0.0558. The van der Waals surface area contributed by atoms with Crippen LogP contribution in [0.4, 0.5) is 0 Å². The van der Waals surface area contributed by atoms with Gasteiger partial charge >= 0.3 is 5.97 Å². The van der Waals surface area contributed by atoms with Crippen LogP contribution in [0.15, 0.2) is 77.9 Å². The van der Waals surface area contributed by atoms with Gasteiger partial charge in [-0.05, 0) is 113 Å². The lowest BCUT2D eigenvalue weighted by Gasteiger charge is -2.42. The quantitative estimate of drug-likeness (QED) is 0.0253. The number of carbonyl (C=O) groups excluding carboxylic acids is 6.